The Morgan fingerprint density at radius 1 is 1.33 bits per heavy atom. The van der Waals surface area contributed by atoms with Gasteiger partial charge in [0.25, 0.3) is 5.69 Å². The monoisotopic (exact) mass is 270 g/mol. The Hall–Kier alpha value is -1.27. The molecule has 0 fully saturated rings. The lowest BCUT2D eigenvalue weighted by atomic mass is 10.3. The molecule has 0 spiro atoms. The second-order valence-electron chi connectivity index (χ2n) is 4.26. The van der Waals surface area contributed by atoms with E-state index in [2.05, 4.69) is 19.2 Å². The molecule has 0 saturated carbocycles. The summed E-state index contributed by atoms with van der Waals surface area (Å²) < 4.78 is 11.9. The molecule has 1 aromatic carbocycles. The van der Waals surface area contributed by atoms with Crippen LogP contribution < -0.4 is 5.32 Å². The number of hydrogen-bond donors (Lipinski definition) is 1. The molecule has 0 aliphatic heterocycles. The molecule has 1 atom stereocenters. The van der Waals surface area contributed by atoms with Crippen LogP contribution in [-0.2, 0) is 10.8 Å². The van der Waals surface area contributed by atoms with Crippen LogP contribution in [0.25, 0.3) is 0 Å². The van der Waals surface area contributed by atoms with Gasteiger partial charge < -0.3 is 5.32 Å². The third-order valence-electron chi connectivity index (χ3n) is 2.37. The summed E-state index contributed by atoms with van der Waals surface area (Å²) in [5, 5.41) is 13.7. The van der Waals surface area contributed by atoms with Crippen LogP contribution >= 0.6 is 0 Å². The normalized spacial score (nSPS) is 12.6. The van der Waals surface area contributed by atoms with Crippen LogP contribution in [0, 0.1) is 10.1 Å². The lowest BCUT2D eigenvalue weighted by Gasteiger charge is -2.07. The SMILES string of the molecule is CC(C)NCCCS(=O)c1ccc([N+](=O)[O-])cc1. The van der Waals surface area contributed by atoms with Crippen molar-refractivity contribution in [1.82, 2.24) is 5.32 Å². The minimum atomic E-state index is -1.08. The number of rotatable bonds is 7. The van der Waals surface area contributed by atoms with Crippen molar-refractivity contribution < 1.29 is 9.13 Å². The van der Waals surface area contributed by atoms with Crippen LogP contribution in [0.15, 0.2) is 29.2 Å². The van der Waals surface area contributed by atoms with Gasteiger partial charge in [-0.3, -0.25) is 14.3 Å². The largest absolute Gasteiger partial charge is 0.315 e. The summed E-state index contributed by atoms with van der Waals surface area (Å²) in [5.74, 6) is 0.567. The molecule has 18 heavy (non-hydrogen) atoms. The number of nitro benzene ring substituents is 1. The van der Waals surface area contributed by atoms with E-state index in [-0.39, 0.29) is 5.69 Å². The summed E-state index contributed by atoms with van der Waals surface area (Å²) in [4.78, 5) is 10.7. The lowest BCUT2D eigenvalue weighted by Crippen LogP contribution is -2.24. The molecule has 1 rings (SSSR count). The Labute approximate surface area is 109 Å². The average Bonchev–Trinajstić information content (AvgIpc) is 2.34. The van der Waals surface area contributed by atoms with Gasteiger partial charge in [-0.15, -0.1) is 0 Å². The zero-order valence-corrected chi connectivity index (χ0v) is 11.4. The van der Waals surface area contributed by atoms with Crippen LogP contribution in [0.4, 0.5) is 5.69 Å². The highest BCUT2D eigenvalue weighted by Gasteiger charge is 2.08. The lowest BCUT2D eigenvalue weighted by molar-refractivity contribution is -0.384. The topological polar surface area (TPSA) is 72.2 Å². The van der Waals surface area contributed by atoms with Gasteiger partial charge in [0.1, 0.15) is 0 Å². The Morgan fingerprint density at radius 2 is 1.94 bits per heavy atom. The summed E-state index contributed by atoms with van der Waals surface area (Å²) in [6.45, 7) is 4.96. The minimum Gasteiger partial charge on any atom is -0.315 e. The minimum absolute atomic E-state index is 0.0252. The van der Waals surface area contributed by atoms with Crippen LogP contribution in [0.1, 0.15) is 20.3 Å². The standard InChI is InChI=1S/C12H18N2O3S/c1-10(2)13-8-3-9-18(17)12-6-4-11(5-7-12)14(15)16/h4-7,10,13H,3,8-9H2,1-2H3. The molecule has 1 aromatic rings. The molecule has 0 aromatic heterocycles. The van der Waals surface area contributed by atoms with E-state index in [0.29, 0.717) is 16.7 Å². The number of hydrogen-bond acceptors (Lipinski definition) is 4. The summed E-state index contributed by atoms with van der Waals surface area (Å²) >= 11 is 0. The van der Waals surface area contributed by atoms with E-state index in [0.717, 1.165) is 13.0 Å². The third-order valence-corrected chi connectivity index (χ3v) is 3.83. The van der Waals surface area contributed by atoms with E-state index in [9.17, 15) is 14.3 Å². The van der Waals surface area contributed by atoms with Crippen molar-refractivity contribution in [3.8, 4) is 0 Å². The van der Waals surface area contributed by atoms with Crippen LogP contribution in [0.2, 0.25) is 0 Å². The molecule has 0 aliphatic carbocycles. The second kappa shape index (κ2) is 7.23. The van der Waals surface area contributed by atoms with Crippen LogP contribution in [0.5, 0.6) is 0 Å². The summed E-state index contributed by atoms with van der Waals surface area (Å²) in [7, 11) is -1.08. The highest BCUT2D eigenvalue weighted by molar-refractivity contribution is 7.85. The highest BCUT2D eigenvalue weighted by atomic mass is 32.2. The maximum absolute atomic E-state index is 11.9. The second-order valence-corrected chi connectivity index (χ2v) is 5.83. The number of benzene rings is 1. The first-order valence-corrected chi connectivity index (χ1v) is 7.19. The maximum atomic E-state index is 11.9. The van der Waals surface area contributed by atoms with Crippen molar-refractivity contribution >= 4 is 16.5 Å². The van der Waals surface area contributed by atoms with Gasteiger partial charge >= 0.3 is 0 Å². The van der Waals surface area contributed by atoms with Crippen molar-refractivity contribution in [2.45, 2.75) is 31.2 Å². The number of nitrogens with one attached hydrogen (secondary N) is 1. The zero-order valence-electron chi connectivity index (χ0n) is 10.6. The number of nitro groups is 1. The van der Waals surface area contributed by atoms with Crippen molar-refractivity contribution in [3.63, 3.8) is 0 Å². The molecular formula is C12H18N2O3S. The fraction of sp³-hybridized carbons (Fsp3) is 0.500. The summed E-state index contributed by atoms with van der Waals surface area (Å²) in [6.07, 6.45) is 0.821. The molecular weight excluding hydrogens is 252 g/mol. The average molecular weight is 270 g/mol. The third kappa shape index (κ3) is 4.93. The summed E-state index contributed by atoms with van der Waals surface area (Å²) in [6, 6.07) is 6.32. The van der Waals surface area contributed by atoms with Gasteiger partial charge in [-0.2, -0.15) is 0 Å². The predicted octanol–water partition coefficient (Wildman–Crippen LogP) is 2.09. The van der Waals surface area contributed by atoms with Crippen molar-refractivity contribution in [3.05, 3.63) is 34.4 Å². The highest BCUT2D eigenvalue weighted by Crippen LogP contribution is 2.14. The maximum Gasteiger partial charge on any atom is 0.269 e. The molecule has 1 N–H and O–H groups in total. The van der Waals surface area contributed by atoms with Gasteiger partial charge in [0.05, 0.1) is 15.7 Å². The molecule has 100 valence electrons. The first kappa shape index (κ1) is 14.8. The Balaban J connectivity index is 2.44. The smallest absolute Gasteiger partial charge is 0.269 e. The van der Waals surface area contributed by atoms with Crippen molar-refractivity contribution in [2.75, 3.05) is 12.3 Å². The van der Waals surface area contributed by atoms with Crippen LogP contribution in [0.3, 0.4) is 0 Å². The fourth-order valence-corrected chi connectivity index (χ4v) is 2.51. The quantitative estimate of drug-likeness (QED) is 0.468. The Morgan fingerprint density at radius 3 is 2.44 bits per heavy atom. The van der Waals surface area contributed by atoms with Gasteiger partial charge in [-0.25, -0.2) is 0 Å². The van der Waals surface area contributed by atoms with E-state index in [4.69, 9.17) is 0 Å². The van der Waals surface area contributed by atoms with Gasteiger partial charge in [0.2, 0.25) is 0 Å². The predicted molar refractivity (Wildman–Crippen MR) is 72.1 cm³/mol. The summed E-state index contributed by atoms with van der Waals surface area (Å²) in [5.41, 5.74) is 0.0252. The molecule has 0 saturated heterocycles. The molecule has 0 bridgehead atoms. The molecule has 1 unspecified atom stereocenters. The van der Waals surface area contributed by atoms with Gasteiger partial charge in [-0.1, -0.05) is 13.8 Å². The fourth-order valence-electron chi connectivity index (χ4n) is 1.43. The molecule has 5 nitrogen and oxygen atoms in total. The van der Waals surface area contributed by atoms with E-state index < -0.39 is 15.7 Å². The van der Waals surface area contributed by atoms with E-state index in [1.165, 1.54) is 12.1 Å². The van der Waals surface area contributed by atoms with Crippen molar-refractivity contribution in [2.24, 2.45) is 0 Å². The molecule has 6 heteroatoms. The van der Waals surface area contributed by atoms with E-state index in [1.54, 1.807) is 12.1 Å². The Kier molecular flexibility index (Phi) is 5.94. The number of non-ortho nitro benzene ring substituents is 1. The van der Waals surface area contributed by atoms with E-state index in [1.807, 2.05) is 0 Å². The van der Waals surface area contributed by atoms with Gasteiger partial charge in [0.15, 0.2) is 0 Å². The zero-order chi connectivity index (χ0) is 13.5. The molecule has 0 aliphatic rings. The van der Waals surface area contributed by atoms with E-state index >= 15 is 0 Å². The van der Waals surface area contributed by atoms with Gasteiger partial charge in [0, 0.05) is 28.8 Å². The number of nitrogens with zero attached hydrogens (tertiary/aromatic N) is 1. The van der Waals surface area contributed by atoms with Crippen LogP contribution in [-0.4, -0.2) is 27.5 Å². The first-order chi connectivity index (χ1) is 8.50. The van der Waals surface area contributed by atoms with Crippen molar-refractivity contribution in [1.29, 1.82) is 0 Å². The Bertz CT molecular complexity index is 418. The first-order valence-electron chi connectivity index (χ1n) is 5.87. The molecule has 0 radical (unpaired) electrons. The molecule has 0 amide bonds. The van der Waals surface area contributed by atoms with Gasteiger partial charge in [-0.05, 0) is 25.1 Å². The molecule has 0 heterocycles.